The summed E-state index contributed by atoms with van der Waals surface area (Å²) in [6.07, 6.45) is 7.35. The number of carbonyl (C=O) groups excluding carboxylic acids is 2. The van der Waals surface area contributed by atoms with Gasteiger partial charge in [-0.15, -0.1) is 0 Å². The van der Waals surface area contributed by atoms with Crippen LogP contribution in [-0.2, 0) is 11.3 Å². The lowest BCUT2D eigenvalue weighted by Crippen LogP contribution is -2.41. The van der Waals surface area contributed by atoms with E-state index in [2.05, 4.69) is 15.3 Å². The third-order valence-corrected chi connectivity index (χ3v) is 3.59. The van der Waals surface area contributed by atoms with Gasteiger partial charge in [0.25, 0.3) is 5.91 Å². The lowest BCUT2D eigenvalue weighted by molar-refractivity contribution is -0.129. The zero-order valence-electron chi connectivity index (χ0n) is 11.5. The number of nitrogens with zero attached hydrogens (tertiary/aromatic N) is 2. The molecule has 3 rings (SSSR count). The van der Waals surface area contributed by atoms with Crippen molar-refractivity contribution in [3.8, 4) is 0 Å². The van der Waals surface area contributed by atoms with Gasteiger partial charge in [0.05, 0.1) is 5.56 Å². The molecule has 0 radical (unpaired) electrons. The van der Waals surface area contributed by atoms with Crippen molar-refractivity contribution in [3.05, 3.63) is 54.1 Å². The summed E-state index contributed by atoms with van der Waals surface area (Å²) in [5.41, 5.74) is 1.58. The molecule has 108 valence electrons. The molecule has 0 bridgehead atoms. The molecule has 2 N–H and O–H groups in total. The maximum absolute atomic E-state index is 12.3. The van der Waals surface area contributed by atoms with Gasteiger partial charge in [0.2, 0.25) is 5.91 Å². The number of amides is 2. The zero-order valence-corrected chi connectivity index (χ0v) is 11.5. The number of pyridine rings is 1. The molecular weight excluding hydrogens is 268 g/mol. The van der Waals surface area contributed by atoms with E-state index >= 15 is 0 Å². The minimum absolute atomic E-state index is 0.0318. The standard InChI is InChI=1S/C15H16N4O2/c20-14(12-3-7-17-9-12)18-13-4-8-19(15(13)21)10-11-1-5-16-6-2-11/h1-3,5-7,9,13,17H,4,8,10H2,(H,18,20)/t13-/m0/s1. The van der Waals surface area contributed by atoms with Crippen molar-refractivity contribution in [2.24, 2.45) is 0 Å². The second kappa shape index (κ2) is 5.78. The number of hydrogen-bond donors (Lipinski definition) is 2. The summed E-state index contributed by atoms with van der Waals surface area (Å²) in [6, 6.07) is 5.02. The first-order valence-electron chi connectivity index (χ1n) is 6.85. The van der Waals surface area contributed by atoms with Crippen molar-refractivity contribution in [1.82, 2.24) is 20.2 Å². The Morgan fingerprint density at radius 2 is 2.19 bits per heavy atom. The molecule has 21 heavy (non-hydrogen) atoms. The molecule has 0 unspecified atom stereocenters. The molecular formula is C15H16N4O2. The molecule has 0 spiro atoms. The predicted octanol–water partition coefficient (Wildman–Crippen LogP) is 0.941. The topological polar surface area (TPSA) is 78.1 Å². The predicted molar refractivity (Wildman–Crippen MR) is 76.3 cm³/mol. The van der Waals surface area contributed by atoms with Gasteiger partial charge >= 0.3 is 0 Å². The number of carbonyl (C=O) groups is 2. The van der Waals surface area contributed by atoms with Crippen LogP contribution in [0.4, 0.5) is 0 Å². The highest BCUT2D eigenvalue weighted by molar-refractivity contribution is 5.97. The van der Waals surface area contributed by atoms with E-state index < -0.39 is 6.04 Å². The van der Waals surface area contributed by atoms with Crippen LogP contribution in [0.15, 0.2) is 43.0 Å². The van der Waals surface area contributed by atoms with E-state index in [4.69, 9.17) is 0 Å². The molecule has 1 saturated heterocycles. The van der Waals surface area contributed by atoms with Crippen molar-refractivity contribution in [3.63, 3.8) is 0 Å². The Kier molecular flexibility index (Phi) is 3.68. The first-order chi connectivity index (χ1) is 10.2. The Morgan fingerprint density at radius 3 is 2.90 bits per heavy atom. The highest BCUT2D eigenvalue weighted by atomic mass is 16.2. The highest BCUT2D eigenvalue weighted by Gasteiger charge is 2.32. The van der Waals surface area contributed by atoms with Gasteiger partial charge in [0, 0.05) is 37.9 Å². The average molecular weight is 284 g/mol. The molecule has 0 saturated carbocycles. The minimum Gasteiger partial charge on any atom is -0.367 e. The van der Waals surface area contributed by atoms with E-state index in [1.54, 1.807) is 35.8 Å². The van der Waals surface area contributed by atoms with E-state index in [1.165, 1.54) is 0 Å². The van der Waals surface area contributed by atoms with Gasteiger partial charge in [-0.05, 0) is 30.2 Å². The number of aromatic nitrogens is 2. The third-order valence-electron chi connectivity index (χ3n) is 3.59. The maximum Gasteiger partial charge on any atom is 0.253 e. The molecule has 2 aromatic heterocycles. The highest BCUT2D eigenvalue weighted by Crippen LogP contribution is 2.15. The second-order valence-electron chi connectivity index (χ2n) is 5.03. The van der Waals surface area contributed by atoms with Gasteiger partial charge in [-0.3, -0.25) is 14.6 Å². The van der Waals surface area contributed by atoms with Crippen LogP contribution in [0.3, 0.4) is 0 Å². The number of nitrogens with one attached hydrogen (secondary N) is 2. The number of hydrogen-bond acceptors (Lipinski definition) is 3. The van der Waals surface area contributed by atoms with Gasteiger partial charge in [0.15, 0.2) is 0 Å². The molecule has 2 amide bonds. The normalized spacial score (nSPS) is 18.0. The van der Waals surface area contributed by atoms with Crippen LogP contribution in [0.1, 0.15) is 22.3 Å². The van der Waals surface area contributed by atoms with Gasteiger partial charge in [-0.25, -0.2) is 0 Å². The van der Waals surface area contributed by atoms with E-state index in [0.29, 0.717) is 25.1 Å². The summed E-state index contributed by atoms with van der Waals surface area (Å²) in [7, 11) is 0. The smallest absolute Gasteiger partial charge is 0.253 e. The Labute approximate surface area is 122 Å². The van der Waals surface area contributed by atoms with Crippen molar-refractivity contribution < 1.29 is 9.59 Å². The molecule has 1 fully saturated rings. The van der Waals surface area contributed by atoms with Crippen LogP contribution >= 0.6 is 0 Å². The van der Waals surface area contributed by atoms with E-state index in [9.17, 15) is 9.59 Å². The Hall–Kier alpha value is -2.63. The van der Waals surface area contributed by atoms with Crippen LogP contribution in [0.5, 0.6) is 0 Å². The molecule has 6 heteroatoms. The summed E-state index contributed by atoms with van der Waals surface area (Å²) in [5, 5.41) is 2.78. The first-order valence-corrected chi connectivity index (χ1v) is 6.85. The molecule has 1 aliphatic rings. The number of H-pyrrole nitrogens is 1. The van der Waals surface area contributed by atoms with Crippen LogP contribution in [0.2, 0.25) is 0 Å². The van der Waals surface area contributed by atoms with Crippen LogP contribution in [0, 0.1) is 0 Å². The summed E-state index contributed by atoms with van der Waals surface area (Å²) < 4.78 is 0. The van der Waals surface area contributed by atoms with Crippen molar-refractivity contribution >= 4 is 11.8 Å². The monoisotopic (exact) mass is 284 g/mol. The third kappa shape index (κ3) is 2.94. The summed E-state index contributed by atoms with van der Waals surface area (Å²) in [5.74, 6) is -0.254. The maximum atomic E-state index is 12.3. The SMILES string of the molecule is O=C(N[C@H]1CCN(Cc2ccncc2)C1=O)c1cc[nH]c1. The largest absolute Gasteiger partial charge is 0.367 e. The number of rotatable bonds is 4. The van der Waals surface area contributed by atoms with Gasteiger partial charge in [-0.2, -0.15) is 0 Å². The quantitative estimate of drug-likeness (QED) is 0.877. The molecule has 0 aliphatic carbocycles. The Balaban J connectivity index is 1.60. The summed E-state index contributed by atoms with van der Waals surface area (Å²) >= 11 is 0. The fourth-order valence-corrected chi connectivity index (χ4v) is 2.45. The summed E-state index contributed by atoms with van der Waals surface area (Å²) in [6.45, 7) is 1.21. The first kappa shape index (κ1) is 13.4. The van der Waals surface area contributed by atoms with Crippen molar-refractivity contribution in [1.29, 1.82) is 0 Å². The van der Waals surface area contributed by atoms with Crippen molar-refractivity contribution in [2.75, 3.05) is 6.54 Å². The van der Waals surface area contributed by atoms with Gasteiger partial charge in [-0.1, -0.05) is 0 Å². The molecule has 2 aromatic rings. The van der Waals surface area contributed by atoms with Gasteiger partial charge in [0.1, 0.15) is 6.04 Å². The zero-order chi connectivity index (χ0) is 14.7. The van der Waals surface area contributed by atoms with Crippen molar-refractivity contribution in [2.45, 2.75) is 19.0 Å². The number of likely N-dealkylation sites (tertiary alicyclic amines) is 1. The van der Waals surface area contributed by atoms with E-state index in [1.807, 2.05) is 12.1 Å². The lowest BCUT2D eigenvalue weighted by atomic mass is 10.2. The second-order valence-corrected chi connectivity index (χ2v) is 5.03. The van der Waals surface area contributed by atoms with E-state index in [-0.39, 0.29) is 11.8 Å². The number of aromatic amines is 1. The molecule has 1 aliphatic heterocycles. The molecule has 3 heterocycles. The van der Waals surface area contributed by atoms with E-state index in [0.717, 1.165) is 5.56 Å². The molecule has 1 atom stereocenters. The Bertz CT molecular complexity index is 624. The van der Waals surface area contributed by atoms with Crippen LogP contribution < -0.4 is 5.32 Å². The lowest BCUT2D eigenvalue weighted by Gasteiger charge is -2.17. The van der Waals surface area contributed by atoms with Gasteiger partial charge < -0.3 is 15.2 Å². The Morgan fingerprint density at radius 1 is 1.38 bits per heavy atom. The molecule has 0 aromatic carbocycles. The average Bonchev–Trinajstić information content (AvgIpc) is 3.14. The van der Waals surface area contributed by atoms with Crippen LogP contribution in [-0.4, -0.2) is 39.3 Å². The fraction of sp³-hybridized carbons (Fsp3) is 0.267. The molecule has 6 nitrogen and oxygen atoms in total. The fourth-order valence-electron chi connectivity index (χ4n) is 2.45. The minimum atomic E-state index is -0.436. The van der Waals surface area contributed by atoms with Crippen LogP contribution in [0.25, 0.3) is 0 Å². The summed E-state index contributed by atoms with van der Waals surface area (Å²) in [4.78, 5) is 32.8.